The fourth-order valence-corrected chi connectivity index (χ4v) is 1.99. The maximum atomic E-state index is 13.5. The molecular weight excluding hydrogens is 221 g/mol. The Morgan fingerprint density at radius 1 is 1.40 bits per heavy atom. The molecule has 0 aliphatic heterocycles. The molecular formula is C9H18FNO3S. The molecule has 6 heteroatoms. The van der Waals surface area contributed by atoms with E-state index in [0.29, 0.717) is 0 Å². The Labute approximate surface area is 90.0 Å². The summed E-state index contributed by atoms with van der Waals surface area (Å²) in [6.07, 6.45) is 5.26. The highest BCUT2D eigenvalue weighted by molar-refractivity contribution is 7.87. The van der Waals surface area contributed by atoms with Crippen LogP contribution in [-0.2, 0) is 10.1 Å². The molecule has 1 atom stereocenters. The van der Waals surface area contributed by atoms with Crippen LogP contribution in [0.1, 0.15) is 39.0 Å². The van der Waals surface area contributed by atoms with Gasteiger partial charge in [-0.3, -0.25) is 4.55 Å². The topological polar surface area (TPSA) is 66.4 Å². The molecule has 0 aromatic rings. The molecule has 1 rings (SSSR count). The van der Waals surface area contributed by atoms with Gasteiger partial charge >= 0.3 is 10.1 Å². The quantitative estimate of drug-likeness (QED) is 0.729. The van der Waals surface area contributed by atoms with Gasteiger partial charge in [-0.05, 0) is 19.8 Å². The second-order valence-electron chi connectivity index (χ2n) is 4.29. The summed E-state index contributed by atoms with van der Waals surface area (Å²) in [4.78, 5) is 0. The summed E-state index contributed by atoms with van der Waals surface area (Å²) in [7, 11) is -4.63. The first-order valence-corrected chi connectivity index (χ1v) is 6.66. The van der Waals surface area contributed by atoms with Crippen LogP contribution in [0.15, 0.2) is 0 Å². The van der Waals surface area contributed by atoms with Gasteiger partial charge in [-0.25, -0.2) is 4.39 Å². The molecule has 15 heavy (non-hydrogen) atoms. The van der Waals surface area contributed by atoms with Gasteiger partial charge in [-0.1, -0.05) is 19.3 Å². The molecule has 0 unspecified atom stereocenters. The predicted molar refractivity (Wildman–Crippen MR) is 55.9 cm³/mol. The zero-order chi connectivity index (χ0) is 11.5. The van der Waals surface area contributed by atoms with Crippen LogP contribution in [0.4, 0.5) is 4.39 Å². The molecule has 2 N–H and O–H groups in total. The summed E-state index contributed by atoms with van der Waals surface area (Å²) < 4.78 is 43.4. The Morgan fingerprint density at radius 2 is 1.93 bits per heavy atom. The molecule has 1 saturated carbocycles. The molecule has 1 fully saturated rings. The third kappa shape index (κ3) is 3.70. The van der Waals surface area contributed by atoms with Crippen LogP contribution in [0.5, 0.6) is 0 Å². The van der Waals surface area contributed by atoms with Gasteiger partial charge in [0, 0.05) is 12.6 Å². The van der Waals surface area contributed by atoms with E-state index >= 15 is 0 Å². The van der Waals surface area contributed by atoms with Crippen LogP contribution in [0.25, 0.3) is 0 Å². The van der Waals surface area contributed by atoms with Gasteiger partial charge in [0.1, 0.15) is 0 Å². The Hall–Kier alpha value is -0.200. The minimum absolute atomic E-state index is 0.176. The third-order valence-electron chi connectivity index (χ3n) is 2.85. The Balaban J connectivity index is 2.41. The van der Waals surface area contributed by atoms with Crippen LogP contribution in [0, 0.1) is 0 Å². The average molecular weight is 239 g/mol. The van der Waals surface area contributed by atoms with E-state index in [4.69, 9.17) is 4.55 Å². The van der Waals surface area contributed by atoms with Crippen molar-refractivity contribution in [2.75, 3.05) is 6.54 Å². The zero-order valence-electron chi connectivity index (χ0n) is 8.87. The minimum Gasteiger partial charge on any atom is -0.310 e. The first kappa shape index (κ1) is 12.9. The Kier molecular flexibility index (Phi) is 4.08. The monoisotopic (exact) mass is 239 g/mol. The smallest absolute Gasteiger partial charge is 0.301 e. The van der Waals surface area contributed by atoms with E-state index in [-0.39, 0.29) is 12.6 Å². The first-order chi connectivity index (χ1) is 6.83. The largest absolute Gasteiger partial charge is 0.310 e. The molecule has 1 aliphatic rings. The van der Waals surface area contributed by atoms with Gasteiger partial charge in [0.05, 0.1) is 0 Å². The number of hydrogen-bond acceptors (Lipinski definition) is 3. The van der Waals surface area contributed by atoms with Gasteiger partial charge in [0.15, 0.2) is 0 Å². The van der Waals surface area contributed by atoms with Crippen LogP contribution in [-0.4, -0.2) is 30.6 Å². The van der Waals surface area contributed by atoms with Gasteiger partial charge in [-0.2, -0.15) is 8.42 Å². The fourth-order valence-electron chi connectivity index (χ4n) is 1.72. The molecule has 0 amide bonds. The highest BCUT2D eigenvalue weighted by Crippen LogP contribution is 2.20. The number of hydrogen-bond donors (Lipinski definition) is 2. The normalized spacial score (nSPS) is 23.7. The molecule has 0 spiro atoms. The van der Waals surface area contributed by atoms with Crippen molar-refractivity contribution < 1.29 is 17.4 Å². The summed E-state index contributed by atoms with van der Waals surface area (Å²) in [6.45, 7) is 0.522. The second kappa shape index (κ2) is 4.76. The maximum absolute atomic E-state index is 13.5. The van der Waals surface area contributed by atoms with Crippen LogP contribution < -0.4 is 5.32 Å². The van der Waals surface area contributed by atoms with Crippen molar-refractivity contribution >= 4 is 10.1 Å². The summed E-state index contributed by atoms with van der Waals surface area (Å²) >= 11 is 0. The lowest BCUT2D eigenvalue weighted by Crippen LogP contribution is -2.45. The Morgan fingerprint density at radius 3 is 2.40 bits per heavy atom. The van der Waals surface area contributed by atoms with Gasteiger partial charge in [0.25, 0.3) is 0 Å². The Bertz CT molecular complexity index is 296. The second-order valence-corrected chi connectivity index (χ2v) is 6.09. The maximum Gasteiger partial charge on any atom is 0.301 e. The molecule has 0 radical (unpaired) electrons. The van der Waals surface area contributed by atoms with E-state index in [1.165, 1.54) is 6.42 Å². The van der Waals surface area contributed by atoms with E-state index in [2.05, 4.69) is 5.32 Å². The molecule has 0 bridgehead atoms. The van der Waals surface area contributed by atoms with Crippen molar-refractivity contribution in [3.8, 4) is 0 Å². The van der Waals surface area contributed by atoms with Crippen LogP contribution in [0.2, 0.25) is 0 Å². The molecule has 0 saturated heterocycles. The average Bonchev–Trinajstić information content (AvgIpc) is 2.15. The highest BCUT2D eigenvalue weighted by atomic mass is 32.2. The minimum atomic E-state index is -4.63. The zero-order valence-corrected chi connectivity index (χ0v) is 9.69. The summed E-state index contributed by atoms with van der Waals surface area (Å²) in [5.74, 6) is 0. The lowest BCUT2D eigenvalue weighted by Gasteiger charge is -2.26. The summed E-state index contributed by atoms with van der Waals surface area (Å²) in [5, 5.41) is 0.261. The van der Waals surface area contributed by atoms with Crippen molar-refractivity contribution in [2.45, 2.75) is 50.1 Å². The van der Waals surface area contributed by atoms with Crippen LogP contribution >= 0.6 is 0 Å². The van der Waals surface area contributed by atoms with Crippen LogP contribution in [0.3, 0.4) is 0 Å². The lowest BCUT2D eigenvalue weighted by molar-refractivity contribution is 0.238. The van der Waals surface area contributed by atoms with Gasteiger partial charge in [0.2, 0.25) is 5.00 Å². The van der Waals surface area contributed by atoms with Crippen molar-refractivity contribution in [1.82, 2.24) is 5.32 Å². The van der Waals surface area contributed by atoms with Crippen molar-refractivity contribution in [3.05, 3.63) is 0 Å². The number of nitrogens with one attached hydrogen (secondary N) is 1. The third-order valence-corrected chi connectivity index (χ3v) is 4.07. The van der Waals surface area contributed by atoms with Gasteiger partial charge in [-0.15, -0.1) is 0 Å². The predicted octanol–water partition coefficient (Wildman–Crippen LogP) is 1.48. The fraction of sp³-hybridized carbons (Fsp3) is 1.00. The summed E-state index contributed by atoms with van der Waals surface area (Å²) in [6, 6.07) is 0.176. The number of halogens is 1. The summed E-state index contributed by atoms with van der Waals surface area (Å²) in [5.41, 5.74) is 0. The molecule has 1 aliphatic carbocycles. The molecule has 0 aromatic heterocycles. The van der Waals surface area contributed by atoms with Gasteiger partial charge < -0.3 is 5.32 Å². The van der Waals surface area contributed by atoms with E-state index in [1.54, 1.807) is 0 Å². The van der Waals surface area contributed by atoms with Crippen molar-refractivity contribution in [1.29, 1.82) is 0 Å². The molecule has 4 nitrogen and oxygen atoms in total. The van der Waals surface area contributed by atoms with E-state index in [9.17, 15) is 12.8 Å². The highest BCUT2D eigenvalue weighted by Gasteiger charge is 2.38. The molecule has 0 heterocycles. The standard InChI is InChI=1S/C9H18FNO3S/c1-9(10,15(12,13)14)7-11-8-5-3-2-4-6-8/h8,11H,2-7H2,1H3,(H,12,13,14)/t9-/m1/s1. The number of alkyl halides is 1. The van der Waals surface area contributed by atoms with E-state index < -0.39 is 15.1 Å². The van der Waals surface area contributed by atoms with Crippen molar-refractivity contribution in [2.24, 2.45) is 0 Å². The number of rotatable bonds is 4. The lowest BCUT2D eigenvalue weighted by atomic mass is 9.95. The van der Waals surface area contributed by atoms with Crippen molar-refractivity contribution in [3.63, 3.8) is 0 Å². The molecule has 0 aromatic carbocycles. The first-order valence-electron chi connectivity index (χ1n) is 5.22. The van der Waals surface area contributed by atoms with E-state index in [0.717, 1.165) is 32.6 Å². The molecule has 90 valence electrons. The van der Waals surface area contributed by atoms with E-state index in [1.807, 2.05) is 0 Å². The SMILES string of the molecule is C[C@](F)(CNC1CCCCC1)S(=O)(=O)O.